The summed E-state index contributed by atoms with van der Waals surface area (Å²) in [7, 11) is 1.67. The summed E-state index contributed by atoms with van der Waals surface area (Å²) >= 11 is 5.94. The summed E-state index contributed by atoms with van der Waals surface area (Å²) in [4.78, 5) is 26.9. The first-order valence-corrected chi connectivity index (χ1v) is 11.1. The van der Waals surface area contributed by atoms with Crippen molar-refractivity contribution in [3.8, 4) is 5.75 Å². The van der Waals surface area contributed by atoms with Crippen LogP contribution in [0.5, 0.6) is 5.75 Å². The second kappa shape index (κ2) is 7.88. The number of anilines is 1. The van der Waals surface area contributed by atoms with E-state index < -0.39 is 19.1 Å². The summed E-state index contributed by atoms with van der Waals surface area (Å²) < 4.78 is 47.9. The van der Waals surface area contributed by atoms with E-state index in [0.717, 1.165) is 0 Å². The average Bonchev–Trinajstić information content (AvgIpc) is 3.18. The fraction of sp³-hybridized carbons (Fsp3) is 0.500. The maximum absolute atomic E-state index is 12.8. The van der Waals surface area contributed by atoms with Crippen LogP contribution in [-0.2, 0) is 15.1 Å². The van der Waals surface area contributed by atoms with Gasteiger partial charge in [0.1, 0.15) is 5.75 Å². The number of hydrogen-bond acceptors (Lipinski definition) is 6. The molecule has 1 amide bonds. The number of aromatic nitrogens is 2. The van der Waals surface area contributed by atoms with Crippen molar-refractivity contribution in [1.29, 1.82) is 0 Å². The maximum atomic E-state index is 12.8. The van der Waals surface area contributed by atoms with Gasteiger partial charge in [-0.05, 0) is 37.5 Å². The summed E-state index contributed by atoms with van der Waals surface area (Å²) in [6, 6.07) is 4.74. The average molecular weight is 499 g/mol. The Morgan fingerprint density at radius 1 is 1.38 bits per heavy atom. The minimum absolute atomic E-state index is 0.0483. The molecule has 3 fully saturated rings. The van der Waals surface area contributed by atoms with Crippen molar-refractivity contribution < 1.29 is 32.2 Å². The van der Waals surface area contributed by atoms with Crippen molar-refractivity contribution in [3.63, 3.8) is 0 Å². The molecule has 34 heavy (non-hydrogen) atoms. The Hall–Kier alpha value is -2.79. The lowest BCUT2D eigenvalue weighted by Crippen LogP contribution is -2.79. The normalized spacial score (nSPS) is 27.2. The Balaban J connectivity index is 1.15. The van der Waals surface area contributed by atoms with Crippen LogP contribution in [0.3, 0.4) is 0 Å². The predicted octanol–water partition coefficient (Wildman–Crippen LogP) is 3.29. The highest BCUT2D eigenvalue weighted by atomic mass is 35.5. The summed E-state index contributed by atoms with van der Waals surface area (Å²) in [6.45, 7) is -0.414. The third-order valence-corrected chi connectivity index (χ3v) is 6.99. The molecule has 1 aromatic heterocycles. The van der Waals surface area contributed by atoms with Crippen LogP contribution in [0.25, 0.3) is 0 Å². The van der Waals surface area contributed by atoms with Gasteiger partial charge in [-0.25, -0.2) is 0 Å². The van der Waals surface area contributed by atoms with E-state index >= 15 is 0 Å². The zero-order chi connectivity index (χ0) is 24.3. The number of fused-ring (bicyclic) bond motifs is 1. The van der Waals surface area contributed by atoms with Crippen LogP contribution < -0.4 is 15.0 Å². The molecule has 6 rings (SSSR count). The highest BCUT2D eigenvalue weighted by Gasteiger charge is 2.70. The lowest BCUT2D eigenvalue weighted by molar-refractivity contribution is -0.323. The third-order valence-electron chi connectivity index (χ3n) is 6.75. The van der Waals surface area contributed by atoms with Gasteiger partial charge in [0.25, 0.3) is 5.91 Å². The van der Waals surface area contributed by atoms with Crippen LogP contribution in [-0.4, -0.2) is 59.7 Å². The van der Waals surface area contributed by atoms with Crippen LogP contribution in [0.15, 0.2) is 30.6 Å². The third kappa shape index (κ3) is 4.11. The number of carbonyl (C=O) groups is 2. The topological polar surface area (TPSA) is 85.7 Å². The maximum Gasteiger partial charge on any atom is 0.522 e. The van der Waals surface area contributed by atoms with Crippen molar-refractivity contribution in [1.82, 2.24) is 15.1 Å². The highest BCUT2D eigenvalue weighted by Crippen LogP contribution is 2.65. The van der Waals surface area contributed by atoms with Crippen LogP contribution in [0.2, 0.25) is 5.02 Å². The molecule has 3 saturated carbocycles. The van der Waals surface area contributed by atoms with Gasteiger partial charge in [-0.15, -0.1) is 13.2 Å². The number of rotatable bonds is 7. The van der Waals surface area contributed by atoms with E-state index in [2.05, 4.69) is 15.2 Å². The van der Waals surface area contributed by atoms with E-state index in [1.165, 1.54) is 6.07 Å². The second-order valence-electron chi connectivity index (χ2n) is 9.26. The van der Waals surface area contributed by atoms with Gasteiger partial charge in [0.05, 0.1) is 36.0 Å². The fourth-order valence-corrected chi connectivity index (χ4v) is 5.26. The lowest BCUT2D eigenvalue weighted by atomic mass is 9.44. The van der Waals surface area contributed by atoms with E-state index in [9.17, 15) is 22.8 Å². The van der Waals surface area contributed by atoms with E-state index in [1.807, 2.05) is 4.68 Å². The summed E-state index contributed by atoms with van der Waals surface area (Å²) in [6.07, 6.45) is -0.152. The standard InChI is InChI=1S/C22H22ClF3N4O4/c1-29(4-5-33-22(24,25)26)14-8-27-30(9-14)21-10-20(11-21,12-21)28-19(32)18-7-16(31)15-6-13(23)2-3-17(15)34-18/h2-3,6,8-9,18H,4-5,7,10-12H2,1H3,(H,28,32)/t18-,20?,21?/m1/s1. The number of ether oxygens (including phenoxy) is 2. The molecule has 182 valence electrons. The quantitative estimate of drug-likeness (QED) is 0.630. The molecule has 0 saturated heterocycles. The Morgan fingerprint density at radius 2 is 2.12 bits per heavy atom. The summed E-state index contributed by atoms with van der Waals surface area (Å²) in [5.41, 5.74) is 0.482. The lowest BCUT2D eigenvalue weighted by Gasteiger charge is -2.70. The van der Waals surface area contributed by atoms with Crippen molar-refractivity contribution in [2.24, 2.45) is 0 Å². The van der Waals surface area contributed by atoms with Gasteiger partial charge in [0.15, 0.2) is 11.9 Å². The number of hydrogen-bond donors (Lipinski definition) is 1. The van der Waals surface area contributed by atoms with Crippen LogP contribution in [0.1, 0.15) is 36.0 Å². The van der Waals surface area contributed by atoms with Crippen molar-refractivity contribution in [2.45, 2.75) is 49.2 Å². The fourth-order valence-electron chi connectivity index (χ4n) is 5.09. The molecular formula is C22H22ClF3N4O4. The minimum Gasteiger partial charge on any atom is -0.479 e. The first-order chi connectivity index (χ1) is 16.0. The molecule has 1 aromatic carbocycles. The van der Waals surface area contributed by atoms with Gasteiger partial charge in [0.2, 0.25) is 0 Å². The van der Waals surface area contributed by atoms with E-state index in [4.69, 9.17) is 16.3 Å². The molecule has 1 aliphatic heterocycles. The number of Topliss-reactive ketones (excluding diaryl/α,β-unsaturated/α-hetero) is 1. The summed E-state index contributed by atoms with van der Waals surface area (Å²) in [5.74, 6) is -0.164. The Morgan fingerprint density at radius 3 is 2.82 bits per heavy atom. The molecule has 0 spiro atoms. The van der Waals surface area contributed by atoms with Crippen molar-refractivity contribution in [3.05, 3.63) is 41.2 Å². The Bertz CT molecular complexity index is 1130. The SMILES string of the molecule is CN(CCOC(F)(F)F)c1cnn(C23CC(NC(=O)[C@H]4CC(=O)c5cc(Cl)ccc5O4)(C2)C3)c1. The zero-order valence-electron chi connectivity index (χ0n) is 18.2. The number of carbonyl (C=O) groups excluding carboxylic acids is 2. The van der Waals surface area contributed by atoms with Crippen LogP contribution in [0.4, 0.5) is 18.9 Å². The zero-order valence-corrected chi connectivity index (χ0v) is 18.9. The predicted molar refractivity (Wildman–Crippen MR) is 115 cm³/mol. The minimum atomic E-state index is -4.65. The number of ketones is 1. The van der Waals surface area contributed by atoms with Crippen molar-refractivity contribution >= 4 is 29.0 Å². The highest BCUT2D eigenvalue weighted by molar-refractivity contribution is 6.31. The molecular weight excluding hydrogens is 477 g/mol. The molecule has 12 heteroatoms. The molecule has 3 aliphatic carbocycles. The number of halogens is 4. The first kappa shape index (κ1) is 23.0. The van der Waals surface area contributed by atoms with Gasteiger partial charge in [-0.1, -0.05) is 11.6 Å². The summed E-state index contributed by atoms with van der Waals surface area (Å²) in [5, 5.41) is 7.86. The van der Waals surface area contributed by atoms with E-state index in [0.29, 0.717) is 41.3 Å². The molecule has 2 aromatic rings. The van der Waals surface area contributed by atoms with Crippen molar-refractivity contribution in [2.75, 3.05) is 25.1 Å². The monoisotopic (exact) mass is 498 g/mol. The number of amides is 1. The van der Waals surface area contributed by atoms with Crippen LogP contribution in [0, 0.1) is 0 Å². The van der Waals surface area contributed by atoms with E-state index in [-0.39, 0.29) is 35.7 Å². The molecule has 2 heterocycles. The molecule has 0 unspecified atom stereocenters. The molecule has 8 nitrogen and oxygen atoms in total. The molecule has 4 aliphatic rings. The number of nitrogens with zero attached hydrogens (tertiary/aromatic N) is 3. The van der Waals surface area contributed by atoms with Gasteiger partial charge >= 0.3 is 6.36 Å². The molecule has 2 bridgehead atoms. The van der Waals surface area contributed by atoms with Gasteiger partial charge in [-0.2, -0.15) is 5.10 Å². The number of nitrogens with one attached hydrogen (secondary N) is 1. The van der Waals surface area contributed by atoms with E-state index in [1.54, 1.807) is 36.5 Å². The van der Waals surface area contributed by atoms with Gasteiger partial charge < -0.3 is 15.0 Å². The number of likely N-dealkylation sites (N-methyl/N-ethyl adjacent to an activating group) is 1. The Labute approximate surface area is 197 Å². The molecule has 1 N–H and O–H groups in total. The molecule has 1 atom stereocenters. The number of alkyl halides is 3. The molecule has 0 radical (unpaired) electrons. The van der Waals surface area contributed by atoms with Crippen LogP contribution >= 0.6 is 11.6 Å². The smallest absolute Gasteiger partial charge is 0.479 e. The van der Waals surface area contributed by atoms with Gasteiger partial charge in [0, 0.05) is 30.4 Å². The largest absolute Gasteiger partial charge is 0.522 e. The van der Waals surface area contributed by atoms with Gasteiger partial charge in [-0.3, -0.25) is 19.0 Å². The first-order valence-electron chi connectivity index (χ1n) is 10.8. The number of benzene rings is 1. The second-order valence-corrected chi connectivity index (χ2v) is 9.69. The Kier molecular flexibility index (Phi) is 5.32.